The number of carbonyl (C=O) groups excluding carboxylic acids is 1. The van der Waals surface area contributed by atoms with Crippen LogP contribution in [0.2, 0.25) is 0 Å². The third-order valence-corrected chi connectivity index (χ3v) is 5.24. The number of nitrogens with zero attached hydrogens (tertiary/aromatic N) is 2. The Morgan fingerprint density at radius 3 is 2.46 bits per heavy atom. The monoisotopic (exact) mass is 360 g/mol. The van der Waals surface area contributed by atoms with E-state index in [0.29, 0.717) is 18.4 Å². The van der Waals surface area contributed by atoms with Gasteiger partial charge in [0.1, 0.15) is 17.5 Å². The molecule has 6 heteroatoms. The number of nitriles is 1. The van der Waals surface area contributed by atoms with Crippen molar-refractivity contribution in [2.75, 3.05) is 0 Å². The first-order valence-corrected chi connectivity index (χ1v) is 9.07. The maximum absolute atomic E-state index is 14.0. The van der Waals surface area contributed by atoms with Gasteiger partial charge in [-0.2, -0.15) is 5.26 Å². The van der Waals surface area contributed by atoms with Gasteiger partial charge in [-0.1, -0.05) is 6.07 Å². The third kappa shape index (κ3) is 3.54. The van der Waals surface area contributed by atoms with Crippen molar-refractivity contribution in [1.82, 2.24) is 4.90 Å². The number of fused-ring (bicyclic) bond motifs is 2. The minimum atomic E-state index is -1.21. The third-order valence-electron chi connectivity index (χ3n) is 5.24. The van der Waals surface area contributed by atoms with Crippen molar-refractivity contribution in [3.8, 4) is 6.07 Å². The van der Waals surface area contributed by atoms with Crippen LogP contribution in [-0.4, -0.2) is 33.8 Å². The van der Waals surface area contributed by atoms with Crippen LogP contribution < -0.4 is 0 Å². The molecule has 2 saturated heterocycles. The summed E-state index contributed by atoms with van der Waals surface area (Å²) in [6.45, 7) is 5.50. The quantitative estimate of drug-likeness (QED) is 0.826. The zero-order chi connectivity index (χ0) is 19.1. The topological polar surface area (TPSA) is 73.6 Å². The molecule has 2 aliphatic rings. The van der Waals surface area contributed by atoms with Crippen molar-refractivity contribution in [3.05, 3.63) is 35.1 Å². The van der Waals surface area contributed by atoms with Crippen LogP contribution >= 0.6 is 0 Å². The van der Waals surface area contributed by atoms with Crippen LogP contribution in [0.3, 0.4) is 0 Å². The SMILES string of the molecule is CC(C)(C)OC(=O)N1C2CCCC1CC(O)(c1ccc(C#N)c(F)c1)C2. The lowest BCUT2D eigenvalue weighted by Crippen LogP contribution is -2.59. The van der Waals surface area contributed by atoms with E-state index in [1.54, 1.807) is 17.0 Å². The van der Waals surface area contributed by atoms with E-state index in [2.05, 4.69) is 0 Å². The van der Waals surface area contributed by atoms with Gasteiger partial charge in [-0.3, -0.25) is 0 Å². The number of piperidine rings is 2. The lowest BCUT2D eigenvalue weighted by atomic mass is 9.72. The summed E-state index contributed by atoms with van der Waals surface area (Å²) in [5.74, 6) is -0.627. The molecular formula is C20H25FN2O3. The Labute approximate surface area is 153 Å². The van der Waals surface area contributed by atoms with Crippen LogP contribution in [0.25, 0.3) is 0 Å². The molecule has 2 fully saturated rings. The Balaban J connectivity index is 1.86. The fourth-order valence-electron chi connectivity index (χ4n) is 4.17. The summed E-state index contributed by atoms with van der Waals surface area (Å²) in [5.41, 5.74) is -1.35. The maximum Gasteiger partial charge on any atom is 0.410 e. The van der Waals surface area contributed by atoms with Gasteiger partial charge in [0.15, 0.2) is 0 Å². The molecule has 140 valence electrons. The number of amides is 1. The molecule has 3 rings (SSSR count). The molecular weight excluding hydrogens is 335 g/mol. The highest BCUT2D eigenvalue weighted by Gasteiger charge is 2.49. The van der Waals surface area contributed by atoms with E-state index in [1.165, 1.54) is 12.1 Å². The summed E-state index contributed by atoms with van der Waals surface area (Å²) >= 11 is 0. The zero-order valence-electron chi connectivity index (χ0n) is 15.5. The highest BCUT2D eigenvalue weighted by Crippen LogP contribution is 2.45. The van der Waals surface area contributed by atoms with Gasteiger partial charge in [0.05, 0.1) is 11.2 Å². The van der Waals surface area contributed by atoms with E-state index < -0.39 is 17.0 Å². The fourth-order valence-corrected chi connectivity index (χ4v) is 4.17. The summed E-state index contributed by atoms with van der Waals surface area (Å²) in [6, 6.07) is 5.78. The molecule has 0 aromatic heterocycles. The van der Waals surface area contributed by atoms with Crippen LogP contribution in [0.1, 0.15) is 64.0 Å². The number of halogens is 1. The number of aliphatic hydroxyl groups is 1. The standard InChI is InChI=1S/C20H25FN2O3/c1-19(2,3)26-18(24)23-15-5-4-6-16(23)11-20(25,10-15)14-8-7-13(12-22)17(21)9-14/h7-9,15-16,25H,4-6,10-11H2,1-3H3. The number of hydrogen-bond donors (Lipinski definition) is 1. The van der Waals surface area contributed by atoms with Crippen molar-refractivity contribution < 1.29 is 19.0 Å². The maximum atomic E-state index is 14.0. The number of hydrogen-bond acceptors (Lipinski definition) is 4. The molecule has 2 bridgehead atoms. The van der Waals surface area contributed by atoms with Crippen molar-refractivity contribution in [3.63, 3.8) is 0 Å². The van der Waals surface area contributed by atoms with Crippen molar-refractivity contribution in [2.45, 2.75) is 76.2 Å². The lowest BCUT2D eigenvalue weighted by Gasteiger charge is -2.51. The highest BCUT2D eigenvalue weighted by molar-refractivity contribution is 5.69. The average molecular weight is 360 g/mol. The molecule has 2 atom stereocenters. The van der Waals surface area contributed by atoms with E-state index >= 15 is 0 Å². The van der Waals surface area contributed by atoms with Gasteiger partial charge in [-0.05, 0) is 57.7 Å². The van der Waals surface area contributed by atoms with Crippen LogP contribution in [0.5, 0.6) is 0 Å². The Morgan fingerprint density at radius 1 is 1.35 bits per heavy atom. The number of carbonyl (C=O) groups is 1. The lowest BCUT2D eigenvalue weighted by molar-refractivity contribution is -0.0966. The van der Waals surface area contributed by atoms with Gasteiger partial charge in [-0.25, -0.2) is 9.18 Å². The molecule has 26 heavy (non-hydrogen) atoms. The Hall–Kier alpha value is -2.13. The normalized spacial score (nSPS) is 28.4. The second-order valence-corrected chi connectivity index (χ2v) is 8.37. The van der Waals surface area contributed by atoms with E-state index in [1.807, 2.05) is 20.8 Å². The van der Waals surface area contributed by atoms with E-state index in [0.717, 1.165) is 19.3 Å². The predicted octanol–water partition coefficient (Wildman–Crippen LogP) is 3.84. The van der Waals surface area contributed by atoms with E-state index in [-0.39, 0.29) is 23.7 Å². The molecule has 5 nitrogen and oxygen atoms in total. The van der Waals surface area contributed by atoms with Gasteiger partial charge in [0.25, 0.3) is 0 Å². The molecule has 1 aromatic rings. The van der Waals surface area contributed by atoms with Crippen LogP contribution in [0.4, 0.5) is 9.18 Å². The van der Waals surface area contributed by atoms with Gasteiger partial charge >= 0.3 is 6.09 Å². The molecule has 1 amide bonds. The van der Waals surface area contributed by atoms with Crippen molar-refractivity contribution in [2.24, 2.45) is 0 Å². The first-order chi connectivity index (χ1) is 12.1. The molecule has 2 aliphatic heterocycles. The second kappa shape index (κ2) is 6.55. The van der Waals surface area contributed by atoms with E-state index in [4.69, 9.17) is 10.00 Å². The molecule has 0 spiro atoms. The molecule has 0 aliphatic carbocycles. The first kappa shape index (κ1) is 18.7. The first-order valence-electron chi connectivity index (χ1n) is 9.07. The number of rotatable bonds is 1. The second-order valence-electron chi connectivity index (χ2n) is 8.37. The molecule has 1 N–H and O–H groups in total. The Bertz CT molecular complexity index is 736. The van der Waals surface area contributed by atoms with Gasteiger partial charge in [0.2, 0.25) is 0 Å². The Kier molecular flexibility index (Phi) is 4.70. The fraction of sp³-hybridized carbons (Fsp3) is 0.600. The van der Waals surface area contributed by atoms with Gasteiger partial charge in [-0.15, -0.1) is 0 Å². The molecule has 2 heterocycles. The summed E-state index contributed by atoms with van der Waals surface area (Å²) in [4.78, 5) is 14.4. The minimum absolute atomic E-state index is 0.0382. The van der Waals surface area contributed by atoms with E-state index in [9.17, 15) is 14.3 Å². The van der Waals surface area contributed by atoms with Crippen molar-refractivity contribution >= 4 is 6.09 Å². The molecule has 2 unspecified atom stereocenters. The summed E-state index contributed by atoms with van der Waals surface area (Å²) in [5, 5.41) is 20.1. The minimum Gasteiger partial charge on any atom is -0.444 e. The van der Waals surface area contributed by atoms with Crippen LogP contribution in [0.15, 0.2) is 18.2 Å². The van der Waals surface area contributed by atoms with Gasteiger partial charge < -0.3 is 14.7 Å². The van der Waals surface area contributed by atoms with Crippen LogP contribution in [-0.2, 0) is 10.3 Å². The van der Waals surface area contributed by atoms with Crippen LogP contribution in [0, 0.1) is 17.1 Å². The predicted molar refractivity (Wildman–Crippen MR) is 93.7 cm³/mol. The molecule has 0 radical (unpaired) electrons. The molecule has 1 aromatic carbocycles. The largest absolute Gasteiger partial charge is 0.444 e. The Morgan fingerprint density at radius 2 is 1.96 bits per heavy atom. The average Bonchev–Trinajstić information content (AvgIpc) is 2.52. The number of benzene rings is 1. The van der Waals surface area contributed by atoms with Gasteiger partial charge in [0, 0.05) is 24.9 Å². The molecule has 0 saturated carbocycles. The summed E-state index contributed by atoms with van der Waals surface area (Å²) < 4.78 is 19.6. The smallest absolute Gasteiger partial charge is 0.410 e. The van der Waals surface area contributed by atoms with Crippen molar-refractivity contribution in [1.29, 1.82) is 5.26 Å². The zero-order valence-corrected chi connectivity index (χ0v) is 15.5. The number of ether oxygens (including phenoxy) is 1. The summed E-state index contributed by atoms with van der Waals surface area (Å²) in [7, 11) is 0. The highest BCUT2D eigenvalue weighted by atomic mass is 19.1. The summed E-state index contributed by atoms with van der Waals surface area (Å²) in [6.07, 6.45) is 2.91.